The van der Waals surface area contributed by atoms with Crippen LogP contribution >= 0.6 is 0 Å². The van der Waals surface area contributed by atoms with E-state index in [-0.39, 0.29) is 0 Å². The van der Waals surface area contributed by atoms with Crippen LogP contribution in [0.25, 0.3) is 0 Å². The van der Waals surface area contributed by atoms with Gasteiger partial charge in [0, 0.05) is 12.1 Å². The van der Waals surface area contributed by atoms with Crippen molar-refractivity contribution in [2.75, 3.05) is 20.1 Å². The van der Waals surface area contributed by atoms with Gasteiger partial charge in [0.05, 0.1) is 0 Å². The first-order valence-corrected chi connectivity index (χ1v) is 8.33. The zero-order valence-electron chi connectivity index (χ0n) is 14.1. The molecule has 0 amide bonds. The largest absolute Gasteiger partial charge is 0.313 e. The molecule has 1 fully saturated rings. The Balaban J connectivity index is 2.67. The second-order valence-corrected chi connectivity index (χ2v) is 7.44. The second kappa shape index (κ2) is 7.64. The molecule has 1 aliphatic carbocycles. The number of rotatable bonds is 6. The Morgan fingerprint density at radius 2 is 1.84 bits per heavy atom. The molecule has 0 spiro atoms. The molecule has 0 aromatic carbocycles. The molecule has 3 unspecified atom stereocenters. The monoisotopic (exact) mass is 268 g/mol. The average molecular weight is 268 g/mol. The van der Waals surface area contributed by atoms with Crippen LogP contribution in [0.4, 0.5) is 0 Å². The molecule has 0 aromatic rings. The summed E-state index contributed by atoms with van der Waals surface area (Å²) < 4.78 is 0. The van der Waals surface area contributed by atoms with E-state index in [0.717, 1.165) is 18.5 Å². The molecule has 19 heavy (non-hydrogen) atoms. The number of hydrogen-bond acceptors (Lipinski definition) is 2. The van der Waals surface area contributed by atoms with E-state index in [1.165, 1.54) is 38.6 Å². The van der Waals surface area contributed by atoms with E-state index >= 15 is 0 Å². The van der Waals surface area contributed by atoms with Gasteiger partial charge < -0.3 is 10.2 Å². The molecule has 3 atom stereocenters. The molecule has 0 radical (unpaired) electrons. The first kappa shape index (κ1) is 17.0. The summed E-state index contributed by atoms with van der Waals surface area (Å²) in [6.45, 7) is 14.1. The summed E-state index contributed by atoms with van der Waals surface area (Å²) in [7, 11) is 2.33. The minimum Gasteiger partial charge on any atom is -0.313 e. The van der Waals surface area contributed by atoms with Gasteiger partial charge in [-0.3, -0.25) is 0 Å². The summed E-state index contributed by atoms with van der Waals surface area (Å²) in [5.41, 5.74) is 0.459. The third-order valence-electron chi connectivity index (χ3n) is 4.94. The van der Waals surface area contributed by atoms with Crippen molar-refractivity contribution < 1.29 is 0 Å². The van der Waals surface area contributed by atoms with Crippen molar-refractivity contribution in [3.05, 3.63) is 0 Å². The lowest BCUT2D eigenvalue weighted by Gasteiger charge is -2.45. The molecule has 0 aromatic heterocycles. The highest BCUT2D eigenvalue weighted by Crippen LogP contribution is 2.39. The molecule has 0 heterocycles. The maximum atomic E-state index is 3.72. The molecule has 0 aliphatic heterocycles. The van der Waals surface area contributed by atoms with Crippen molar-refractivity contribution in [1.29, 1.82) is 0 Å². The molecule has 2 nitrogen and oxygen atoms in total. The van der Waals surface area contributed by atoms with E-state index < -0.39 is 0 Å². The Morgan fingerprint density at radius 3 is 2.37 bits per heavy atom. The SMILES string of the molecule is CCCCN(C)C1CC(C(C)(C)C)CCC1NCC. The van der Waals surface area contributed by atoms with E-state index in [1.807, 2.05) is 0 Å². The maximum absolute atomic E-state index is 3.72. The third kappa shape index (κ3) is 5.07. The van der Waals surface area contributed by atoms with E-state index in [4.69, 9.17) is 0 Å². The molecule has 1 aliphatic rings. The topological polar surface area (TPSA) is 15.3 Å². The number of hydrogen-bond donors (Lipinski definition) is 1. The Bertz CT molecular complexity index is 244. The summed E-state index contributed by atoms with van der Waals surface area (Å²) in [5.74, 6) is 0.872. The van der Waals surface area contributed by atoms with Gasteiger partial charge in [-0.2, -0.15) is 0 Å². The van der Waals surface area contributed by atoms with Crippen LogP contribution in [0.3, 0.4) is 0 Å². The predicted molar refractivity (Wildman–Crippen MR) is 85.6 cm³/mol. The average Bonchev–Trinajstić information content (AvgIpc) is 2.35. The summed E-state index contributed by atoms with van der Waals surface area (Å²) in [5, 5.41) is 3.72. The van der Waals surface area contributed by atoms with Crippen molar-refractivity contribution in [2.45, 2.75) is 78.8 Å². The Morgan fingerprint density at radius 1 is 1.16 bits per heavy atom. The van der Waals surface area contributed by atoms with Crippen LogP contribution < -0.4 is 5.32 Å². The molecular formula is C17H36N2. The van der Waals surface area contributed by atoms with Crippen LogP contribution in [-0.4, -0.2) is 37.1 Å². The lowest BCUT2D eigenvalue weighted by atomic mass is 9.69. The first-order chi connectivity index (χ1) is 8.90. The van der Waals surface area contributed by atoms with Gasteiger partial charge in [-0.15, -0.1) is 0 Å². The molecule has 1 saturated carbocycles. The number of nitrogens with one attached hydrogen (secondary N) is 1. The summed E-state index contributed by atoms with van der Waals surface area (Å²) in [6, 6.07) is 1.43. The zero-order valence-corrected chi connectivity index (χ0v) is 14.1. The molecule has 0 saturated heterocycles. The molecular weight excluding hydrogens is 232 g/mol. The summed E-state index contributed by atoms with van der Waals surface area (Å²) >= 11 is 0. The van der Waals surface area contributed by atoms with Crippen molar-refractivity contribution in [1.82, 2.24) is 10.2 Å². The van der Waals surface area contributed by atoms with Gasteiger partial charge in [0.15, 0.2) is 0 Å². The molecule has 1 N–H and O–H groups in total. The summed E-state index contributed by atoms with van der Waals surface area (Å²) in [6.07, 6.45) is 6.72. The Hall–Kier alpha value is -0.0800. The number of likely N-dealkylation sites (N-methyl/N-ethyl adjacent to an activating group) is 2. The number of nitrogens with zero attached hydrogens (tertiary/aromatic N) is 1. The maximum Gasteiger partial charge on any atom is 0.0249 e. The highest BCUT2D eigenvalue weighted by Gasteiger charge is 2.36. The van der Waals surface area contributed by atoms with E-state index in [9.17, 15) is 0 Å². The lowest BCUT2D eigenvalue weighted by Crippen LogP contribution is -2.53. The standard InChI is InChI=1S/C17H36N2/c1-7-9-12-19(6)16-13-14(17(3,4)5)10-11-15(16)18-8-2/h14-16,18H,7-13H2,1-6H3. The molecule has 1 rings (SSSR count). The van der Waals surface area contributed by atoms with E-state index in [1.54, 1.807) is 0 Å². The normalized spacial score (nSPS) is 28.9. The Kier molecular flexibility index (Phi) is 6.82. The van der Waals surface area contributed by atoms with E-state index in [2.05, 4.69) is 51.9 Å². The van der Waals surface area contributed by atoms with Gasteiger partial charge in [-0.1, -0.05) is 41.0 Å². The van der Waals surface area contributed by atoms with Crippen LogP contribution in [0.1, 0.15) is 66.7 Å². The predicted octanol–water partition coefficient (Wildman–Crippen LogP) is 3.91. The molecule has 0 bridgehead atoms. The van der Waals surface area contributed by atoms with Gasteiger partial charge in [0.2, 0.25) is 0 Å². The fraction of sp³-hybridized carbons (Fsp3) is 1.00. The molecule has 2 heteroatoms. The van der Waals surface area contributed by atoms with Gasteiger partial charge in [-0.05, 0) is 57.2 Å². The highest BCUT2D eigenvalue weighted by molar-refractivity contribution is 4.93. The van der Waals surface area contributed by atoms with Gasteiger partial charge >= 0.3 is 0 Å². The summed E-state index contributed by atoms with van der Waals surface area (Å²) in [4.78, 5) is 2.62. The fourth-order valence-electron chi connectivity index (χ4n) is 3.49. The quantitative estimate of drug-likeness (QED) is 0.785. The number of unbranched alkanes of at least 4 members (excludes halogenated alkanes) is 1. The van der Waals surface area contributed by atoms with Gasteiger partial charge in [-0.25, -0.2) is 0 Å². The second-order valence-electron chi connectivity index (χ2n) is 7.44. The van der Waals surface area contributed by atoms with Crippen molar-refractivity contribution >= 4 is 0 Å². The lowest BCUT2D eigenvalue weighted by molar-refractivity contribution is 0.0722. The van der Waals surface area contributed by atoms with Crippen LogP contribution in [0.2, 0.25) is 0 Å². The highest BCUT2D eigenvalue weighted by atomic mass is 15.2. The van der Waals surface area contributed by atoms with Crippen molar-refractivity contribution in [3.8, 4) is 0 Å². The minimum absolute atomic E-state index is 0.459. The van der Waals surface area contributed by atoms with Gasteiger partial charge in [0.25, 0.3) is 0 Å². The minimum atomic E-state index is 0.459. The smallest absolute Gasteiger partial charge is 0.0249 e. The van der Waals surface area contributed by atoms with Crippen LogP contribution in [-0.2, 0) is 0 Å². The van der Waals surface area contributed by atoms with Crippen molar-refractivity contribution in [3.63, 3.8) is 0 Å². The Labute approximate surface area is 121 Å². The van der Waals surface area contributed by atoms with E-state index in [0.29, 0.717) is 11.5 Å². The fourth-order valence-corrected chi connectivity index (χ4v) is 3.49. The third-order valence-corrected chi connectivity index (χ3v) is 4.94. The van der Waals surface area contributed by atoms with Gasteiger partial charge in [0.1, 0.15) is 0 Å². The zero-order chi connectivity index (χ0) is 14.5. The molecule has 114 valence electrons. The van der Waals surface area contributed by atoms with Crippen LogP contribution in [0.5, 0.6) is 0 Å². The van der Waals surface area contributed by atoms with Crippen LogP contribution in [0, 0.1) is 11.3 Å². The van der Waals surface area contributed by atoms with Crippen LogP contribution in [0.15, 0.2) is 0 Å². The first-order valence-electron chi connectivity index (χ1n) is 8.33. The van der Waals surface area contributed by atoms with Crippen molar-refractivity contribution in [2.24, 2.45) is 11.3 Å².